The number of nitrogens with zero attached hydrogens (tertiary/aromatic N) is 2. The maximum absolute atomic E-state index is 12.6. The van der Waals surface area contributed by atoms with Gasteiger partial charge in [0.2, 0.25) is 0 Å². The van der Waals surface area contributed by atoms with Crippen LogP contribution in [0, 0.1) is 6.92 Å². The van der Waals surface area contributed by atoms with Gasteiger partial charge in [0.05, 0.1) is 5.69 Å². The molecule has 126 valence electrons. The standard InChI is InChI=1S/C18H15N3O3S/c1-3-9-21-17(23)14(16(22)19-18(21)25)10-13-11(2)20-24-15(13)12-7-5-4-6-8-12/h3-8,10H,1,9H2,2H3,(H,19,22,25). The smallest absolute Gasteiger partial charge is 0.265 e. The maximum atomic E-state index is 12.6. The number of benzene rings is 1. The Morgan fingerprint density at radius 3 is 2.72 bits per heavy atom. The molecule has 2 heterocycles. The number of carbonyl (C=O) groups is 2. The molecule has 1 aromatic carbocycles. The summed E-state index contributed by atoms with van der Waals surface area (Å²) >= 11 is 5.04. The summed E-state index contributed by atoms with van der Waals surface area (Å²) in [4.78, 5) is 26.2. The highest BCUT2D eigenvalue weighted by atomic mass is 32.1. The predicted octanol–water partition coefficient (Wildman–Crippen LogP) is 2.46. The molecule has 1 aromatic heterocycles. The van der Waals surface area contributed by atoms with Crippen molar-refractivity contribution in [1.82, 2.24) is 15.4 Å². The molecule has 3 rings (SSSR count). The fourth-order valence-corrected chi connectivity index (χ4v) is 2.73. The molecule has 7 heteroatoms. The Morgan fingerprint density at radius 1 is 1.32 bits per heavy atom. The molecule has 0 atom stereocenters. The number of rotatable bonds is 4. The molecular formula is C18H15N3O3S. The lowest BCUT2D eigenvalue weighted by atomic mass is 10.0. The van der Waals surface area contributed by atoms with Gasteiger partial charge in [0.25, 0.3) is 11.8 Å². The second kappa shape index (κ2) is 6.82. The number of aryl methyl sites for hydroxylation is 1. The Kier molecular flexibility index (Phi) is 4.58. The molecule has 1 saturated heterocycles. The second-order valence-corrected chi connectivity index (χ2v) is 5.79. The van der Waals surface area contributed by atoms with E-state index in [1.807, 2.05) is 30.3 Å². The summed E-state index contributed by atoms with van der Waals surface area (Å²) in [6.07, 6.45) is 3.03. The van der Waals surface area contributed by atoms with Crippen LogP contribution in [0.5, 0.6) is 0 Å². The molecule has 2 amide bonds. The molecule has 0 radical (unpaired) electrons. The number of hydrogen-bond donors (Lipinski definition) is 1. The van der Waals surface area contributed by atoms with Gasteiger partial charge in [0.15, 0.2) is 10.9 Å². The molecule has 0 saturated carbocycles. The Labute approximate surface area is 149 Å². The zero-order chi connectivity index (χ0) is 18.0. The number of hydrogen-bond acceptors (Lipinski definition) is 5. The molecule has 1 N–H and O–H groups in total. The summed E-state index contributed by atoms with van der Waals surface area (Å²) < 4.78 is 5.40. The lowest BCUT2D eigenvalue weighted by Crippen LogP contribution is -2.53. The molecule has 2 aromatic rings. The van der Waals surface area contributed by atoms with Crippen LogP contribution in [0.25, 0.3) is 17.4 Å². The van der Waals surface area contributed by atoms with Crippen LogP contribution >= 0.6 is 12.2 Å². The fraction of sp³-hybridized carbons (Fsp3) is 0.111. The third-order valence-corrected chi connectivity index (χ3v) is 4.05. The highest BCUT2D eigenvalue weighted by Gasteiger charge is 2.33. The van der Waals surface area contributed by atoms with Gasteiger partial charge in [-0.1, -0.05) is 41.6 Å². The van der Waals surface area contributed by atoms with Crippen molar-refractivity contribution in [2.45, 2.75) is 6.92 Å². The van der Waals surface area contributed by atoms with Gasteiger partial charge in [-0.25, -0.2) is 0 Å². The molecule has 0 bridgehead atoms. The van der Waals surface area contributed by atoms with Gasteiger partial charge in [-0.05, 0) is 25.2 Å². The van der Waals surface area contributed by atoms with Crippen molar-refractivity contribution in [3.05, 3.63) is 59.8 Å². The zero-order valence-electron chi connectivity index (χ0n) is 13.5. The predicted molar refractivity (Wildman–Crippen MR) is 97.3 cm³/mol. The molecule has 6 nitrogen and oxygen atoms in total. The van der Waals surface area contributed by atoms with Gasteiger partial charge in [-0.15, -0.1) is 6.58 Å². The maximum Gasteiger partial charge on any atom is 0.265 e. The molecule has 0 aliphatic carbocycles. The topological polar surface area (TPSA) is 75.4 Å². The number of aromatic nitrogens is 1. The minimum absolute atomic E-state index is 0.0288. The molecule has 1 aliphatic rings. The third-order valence-electron chi connectivity index (χ3n) is 3.73. The minimum atomic E-state index is -0.546. The van der Waals surface area contributed by atoms with Gasteiger partial charge in [0, 0.05) is 17.7 Å². The van der Waals surface area contributed by atoms with Gasteiger partial charge in [-0.3, -0.25) is 19.8 Å². The van der Waals surface area contributed by atoms with Gasteiger partial charge in [-0.2, -0.15) is 0 Å². The largest absolute Gasteiger partial charge is 0.355 e. The van der Waals surface area contributed by atoms with Crippen LogP contribution in [0.4, 0.5) is 0 Å². The number of amides is 2. The van der Waals surface area contributed by atoms with E-state index in [-0.39, 0.29) is 17.2 Å². The number of nitrogens with one attached hydrogen (secondary N) is 1. The van der Waals surface area contributed by atoms with Crippen LogP contribution in [0.2, 0.25) is 0 Å². The summed E-state index contributed by atoms with van der Waals surface area (Å²) in [5.74, 6) is -0.530. The Morgan fingerprint density at radius 2 is 2.04 bits per heavy atom. The average Bonchev–Trinajstić information content (AvgIpc) is 2.97. The van der Waals surface area contributed by atoms with Crippen molar-refractivity contribution in [1.29, 1.82) is 0 Å². The van der Waals surface area contributed by atoms with Gasteiger partial charge in [0.1, 0.15) is 5.57 Å². The van der Waals surface area contributed by atoms with Crippen molar-refractivity contribution >= 4 is 35.2 Å². The number of thiocarbonyl (C=S) groups is 1. The highest BCUT2D eigenvalue weighted by molar-refractivity contribution is 7.80. The van der Waals surface area contributed by atoms with Crippen LogP contribution in [-0.4, -0.2) is 33.5 Å². The third kappa shape index (κ3) is 3.14. The normalized spacial score (nSPS) is 16.3. The monoisotopic (exact) mass is 353 g/mol. The molecule has 1 fully saturated rings. The van der Waals surface area contributed by atoms with E-state index in [4.69, 9.17) is 16.7 Å². The summed E-state index contributed by atoms with van der Waals surface area (Å²) in [6, 6.07) is 9.35. The Hall–Kier alpha value is -3.06. The van der Waals surface area contributed by atoms with Gasteiger partial charge >= 0.3 is 0 Å². The molecule has 0 unspecified atom stereocenters. The van der Waals surface area contributed by atoms with E-state index in [2.05, 4.69) is 17.1 Å². The van der Waals surface area contributed by atoms with E-state index in [0.717, 1.165) is 5.56 Å². The first-order valence-corrected chi connectivity index (χ1v) is 7.95. The quantitative estimate of drug-likeness (QED) is 0.395. The SMILES string of the molecule is C=CCN1C(=O)C(=Cc2c(C)noc2-c2ccccc2)C(=O)NC1=S. The van der Waals surface area contributed by atoms with Crippen LogP contribution in [0.1, 0.15) is 11.3 Å². The van der Waals surface area contributed by atoms with Crippen molar-refractivity contribution in [2.24, 2.45) is 0 Å². The lowest BCUT2D eigenvalue weighted by molar-refractivity contribution is -0.128. The summed E-state index contributed by atoms with van der Waals surface area (Å²) in [6.45, 7) is 5.56. The number of carbonyl (C=O) groups excluding carboxylic acids is 2. The second-order valence-electron chi connectivity index (χ2n) is 5.40. The minimum Gasteiger partial charge on any atom is -0.355 e. The molecular weight excluding hydrogens is 338 g/mol. The van der Waals surface area contributed by atoms with E-state index in [9.17, 15) is 9.59 Å². The first kappa shape index (κ1) is 16.8. The molecule has 0 spiro atoms. The van der Waals surface area contributed by atoms with E-state index in [1.165, 1.54) is 11.0 Å². The Bertz CT molecular complexity index is 900. The first-order valence-electron chi connectivity index (χ1n) is 7.54. The fourth-order valence-electron chi connectivity index (χ4n) is 2.48. The van der Waals surface area contributed by atoms with Crippen LogP contribution < -0.4 is 5.32 Å². The van der Waals surface area contributed by atoms with Crippen LogP contribution in [0.15, 0.2) is 53.1 Å². The van der Waals surface area contributed by atoms with Crippen molar-refractivity contribution in [2.75, 3.05) is 6.54 Å². The van der Waals surface area contributed by atoms with E-state index in [1.54, 1.807) is 13.0 Å². The molecule has 25 heavy (non-hydrogen) atoms. The van der Waals surface area contributed by atoms with Crippen molar-refractivity contribution in [3.63, 3.8) is 0 Å². The van der Waals surface area contributed by atoms with E-state index < -0.39 is 11.8 Å². The summed E-state index contributed by atoms with van der Waals surface area (Å²) in [5, 5.41) is 6.54. The van der Waals surface area contributed by atoms with Crippen molar-refractivity contribution < 1.29 is 14.1 Å². The molecule has 1 aliphatic heterocycles. The highest BCUT2D eigenvalue weighted by Crippen LogP contribution is 2.28. The van der Waals surface area contributed by atoms with Crippen LogP contribution in [-0.2, 0) is 9.59 Å². The average molecular weight is 353 g/mol. The zero-order valence-corrected chi connectivity index (χ0v) is 14.3. The van der Waals surface area contributed by atoms with Crippen LogP contribution in [0.3, 0.4) is 0 Å². The summed E-state index contributed by atoms with van der Waals surface area (Å²) in [7, 11) is 0. The summed E-state index contributed by atoms with van der Waals surface area (Å²) in [5.41, 5.74) is 1.93. The van der Waals surface area contributed by atoms with Crippen molar-refractivity contribution in [3.8, 4) is 11.3 Å². The van der Waals surface area contributed by atoms with Gasteiger partial charge < -0.3 is 4.52 Å². The Balaban J connectivity index is 2.07. The van der Waals surface area contributed by atoms with E-state index >= 15 is 0 Å². The first-order chi connectivity index (χ1) is 12.0. The lowest BCUT2D eigenvalue weighted by Gasteiger charge is -2.27. The van der Waals surface area contributed by atoms with E-state index in [0.29, 0.717) is 17.0 Å².